The molecule has 0 aliphatic carbocycles. The first-order valence-electron chi connectivity index (χ1n) is 13.4. The maximum absolute atomic E-state index is 11.5. The quantitative estimate of drug-likeness (QED) is 0.291. The van der Waals surface area contributed by atoms with Crippen molar-refractivity contribution in [2.45, 2.75) is 33.4 Å². The summed E-state index contributed by atoms with van der Waals surface area (Å²) in [5.74, 6) is 0.152. The molecule has 0 unspecified atom stereocenters. The number of ether oxygens (including phenoxy) is 1. The number of nitrogens with two attached hydrogens (primary N) is 1. The second kappa shape index (κ2) is 11.8. The molecule has 0 spiro atoms. The van der Waals surface area contributed by atoms with E-state index in [2.05, 4.69) is 28.1 Å². The van der Waals surface area contributed by atoms with Crippen LogP contribution in [0.25, 0.3) is 22.8 Å². The zero-order valence-corrected chi connectivity index (χ0v) is 23.4. The molecule has 0 fully saturated rings. The molecule has 0 atom stereocenters. The molecule has 1 aliphatic rings. The number of aromatic carboxylic acids is 1. The van der Waals surface area contributed by atoms with Crippen LogP contribution in [0.5, 0.6) is 5.75 Å². The number of pyridine rings is 1. The van der Waals surface area contributed by atoms with Crippen LogP contribution in [0.2, 0.25) is 0 Å². The van der Waals surface area contributed by atoms with Crippen LogP contribution in [0.3, 0.4) is 0 Å². The van der Waals surface area contributed by atoms with Gasteiger partial charge in [0, 0.05) is 44.0 Å². The number of para-hydroxylation sites is 1. The van der Waals surface area contributed by atoms with Crippen molar-refractivity contribution >= 4 is 11.8 Å². The number of aromatic nitrogens is 3. The summed E-state index contributed by atoms with van der Waals surface area (Å²) < 4.78 is 7.93. The average Bonchev–Trinajstić information content (AvgIpc) is 3.33. The van der Waals surface area contributed by atoms with E-state index in [1.807, 2.05) is 43.3 Å². The van der Waals surface area contributed by atoms with Gasteiger partial charge in [-0.15, -0.1) is 0 Å². The summed E-state index contributed by atoms with van der Waals surface area (Å²) in [6.45, 7) is 6.17. The van der Waals surface area contributed by atoms with E-state index in [-0.39, 0.29) is 11.5 Å². The Labute approximate surface area is 238 Å². The Bertz CT molecular complexity index is 1660. The summed E-state index contributed by atoms with van der Waals surface area (Å²) >= 11 is 0. The Balaban J connectivity index is 1.34. The highest BCUT2D eigenvalue weighted by molar-refractivity contribution is 5.88. The maximum atomic E-state index is 11.5. The Morgan fingerprint density at radius 3 is 2.63 bits per heavy atom. The Kier molecular flexibility index (Phi) is 7.98. The summed E-state index contributed by atoms with van der Waals surface area (Å²) in [6.07, 6.45) is 3.74. The summed E-state index contributed by atoms with van der Waals surface area (Å²) in [4.78, 5) is 34.1. The molecule has 1 aliphatic heterocycles. The summed E-state index contributed by atoms with van der Waals surface area (Å²) in [7, 11) is 1.67. The van der Waals surface area contributed by atoms with E-state index in [4.69, 9.17) is 15.5 Å². The molecule has 3 heterocycles. The number of aryl methyl sites for hydroxylation is 1. The molecule has 41 heavy (non-hydrogen) atoms. The van der Waals surface area contributed by atoms with Gasteiger partial charge in [-0.2, -0.15) is 0 Å². The third-order valence-corrected chi connectivity index (χ3v) is 7.21. The van der Waals surface area contributed by atoms with Gasteiger partial charge in [0.15, 0.2) is 11.6 Å². The van der Waals surface area contributed by atoms with Crippen molar-refractivity contribution in [2.75, 3.05) is 13.1 Å². The highest BCUT2D eigenvalue weighted by atomic mass is 16.5. The molecule has 9 nitrogen and oxygen atoms in total. The van der Waals surface area contributed by atoms with E-state index in [1.54, 1.807) is 7.05 Å². The molecule has 0 bridgehead atoms. The Morgan fingerprint density at radius 2 is 1.88 bits per heavy atom. The average molecular weight is 552 g/mol. The molecule has 9 heteroatoms. The van der Waals surface area contributed by atoms with Gasteiger partial charge >= 0.3 is 5.97 Å². The molecule has 4 aromatic rings. The van der Waals surface area contributed by atoms with Gasteiger partial charge in [0.05, 0.1) is 11.9 Å². The fourth-order valence-electron chi connectivity index (χ4n) is 5.21. The van der Waals surface area contributed by atoms with Crippen LogP contribution in [-0.4, -0.2) is 49.4 Å². The van der Waals surface area contributed by atoms with E-state index in [0.29, 0.717) is 36.1 Å². The second-order valence-corrected chi connectivity index (χ2v) is 10.4. The van der Waals surface area contributed by atoms with E-state index in [0.717, 1.165) is 42.0 Å². The number of allylic oxidation sites excluding steroid dienone is 1. The molecule has 0 amide bonds. The number of imidazole rings is 1. The largest absolute Gasteiger partial charge is 0.488 e. The number of carbonyl (C=O) groups is 2. The third kappa shape index (κ3) is 6.20. The minimum atomic E-state index is -1.04. The van der Waals surface area contributed by atoms with Crippen molar-refractivity contribution < 1.29 is 19.4 Å². The molecular weight excluding hydrogens is 518 g/mol. The molecule has 2 aromatic carbocycles. The van der Waals surface area contributed by atoms with E-state index < -0.39 is 5.97 Å². The SMILES string of the molecule is CC(=O)C=C(N)CN1CCc2cc(COc3c(C)cccc3-c3cccc(-c4ncc(C(=O)O)n4C)n3)ccc2C1. The van der Waals surface area contributed by atoms with Crippen molar-refractivity contribution in [3.05, 3.63) is 101 Å². The van der Waals surface area contributed by atoms with Gasteiger partial charge in [0.1, 0.15) is 23.7 Å². The topological polar surface area (TPSA) is 124 Å². The van der Waals surface area contributed by atoms with Gasteiger partial charge in [0.25, 0.3) is 0 Å². The van der Waals surface area contributed by atoms with Crippen molar-refractivity contribution in [1.29, 1.82) is 0 Å². The highest BCUT2D eigenvalue weighted by Gasteiger charge is 2.19. The molecule has 0 saturated heterocycles. The monoisotopic (exact) mass is 551 g/mol. The fourth-order valence-corrected chi connectivity index (χ4v) is 5.21. The van der Waals surface area contributed by atoms with Gasteiger partial charge < -0.3 is 20.1 Å². The lowest BCUT2D eigenvalue weighted by Crippen LogP contribution is -2.33. The number of hydrogen-bond donors (Lipinski definition) is 2. The lowest BCUT2D eigenvalue weighted by Gasteiger charge is -2.29. The van der Waals surface area contributed by atoms with E-state index >= 15 is 0 Å². The lowest BCUT2D eigenvalue weighted by molar-refractivity contribution is -0.112. The van der Waals surface area contributed by atoms with Crippen LogP contribution in [0.4, 0.5) is 0 Å². The number of fused-ring (bicyclic) bond motifs is 1. The van der Waals surface area contributed by atoms with Crippen molar-refractivity contribution in [2.24, 2.45) is 12.8 Å². The van der Waals surface area contributed by atoms with Gasteiger partial charge in [-0.05, 0) is 60.7 Å². The number of nitrogens with zero attached hydrogens (tertiary/aromatic N) is 4. The zero-order valence-electron chi connectivity index (χ0n) is 23.4. The molecule has 2 aromatic heterocycles. The predicted octanol–water partition coefficient (Wildman–Crippen LogP) is 4.52. The molecular formula is C32H33N5O4. The number of ketones is 1. The summed E-state index contributed by atoms with van der Waals surface area (Å²) in [6, 6.07) is 18.0. The minimum absolute atomic E-state index is 0.0349. The predicted molar refractivity (Wildman–Crippen MR) is 156 cm³/mol. The van der Waals surface area contributed by atoms with Crippen LogP contribution >= 0.6 is 0 Å². The molecule has 3 N–H and O–H groups in total. The first-order chi connectivity index (χ1) is 19.7. The van der Waals surface area contributed by atoms with E-state index in [1.165, 1.54) is 34.9 Å². The maximum Gasteiger partial charge on any atom is 0.354 e. The fraction of sp³-hybridized carbons (Fsp3) is 0.250. The van der Waals surface area contributed by atoms with Crippen LogP contribution in [0.15, 0.2) is 72.6 Å². The number of carbonyl (C=O) groups excluding carboxylic acids is 1. The number of benzene rings is 2. The van der Waals surface area contributed by atoms with Crippen LogP contribution in [-0.2, 0) is 31.4 Å². The van der Waals surface area contributed by atoms with Gasteiger partial charge in [0.2, 0.25) is 0 Å². The smallest absolute Gasteiger partial charge is 0.354 e. The minimum Gasteiger partial charge on any atom is -0.488 e. The number of carboxylic acids is 1. The Hall–Kier alpha value is -4.76. The van der Waals surface area contributed by atoms with Gasteiger partial charge in [-0.25, -0.2) is 14.8 Å². The lowest BCUT2D eigenvalue weighted by atomic mass is 9.97. The zero-order chi connectivity index (χ0) is 29.1. The van der Waals surface area contributed by atoms with Crippen molar-refractivity contribution in [3.63, 3.8) is 0 Å². The van der Waals surface area contributed by atoms with Gasteiger partial charge in [-0.3, -0.25) is 9.69 Å². The number of carboxylic acid groups (broad SMARTS) is 1. The normalized spacial score (nSPS) is 13.6. The number of hydrogen-bond acceptors (Lipinski definition) is 7. The summed E-state index contributed by atoms with van der Waals surface area (Å²) in [5.41, 5.74) is 13.5. The first-order valence-corrected chi connectivity index (χ1v) is 13.4. The number of rotatable bonds is 9. The second-order valence-electron chi connectivity index (χ2n) is 10.4. The van der Waals surface area contributed by atoms with E-state index in [9.17, 15) is 14.7 Å². The standard InChI is InChI=1S/C32H33N5O4/c1-20-6-4-7-26(27-8-5-9-28(35-27)31-34-16-29(32(39)40)36(31)3)30(20)41-19-22-10-11-24-17-37(13-12-23(24)15-22)18-25(33)14-21(2)38/h4-11,14-16H,12-13,17-19,33H2,1-3H3,(H,39,40). The molecule has 0 radical (unpaired) electrons. The molecule has 5 rings (SSSR count). The van der Waals surface area contributed by atoms with Crippen LogP contribution in [0, 0.1) is 6.92 Å². The summed E-state index contributed by atoms with van der Waals surface area (Å²) in [5, 5.41) is 9.40. The highest BCUT2D eigenvalue weighted by Crippen LogP contribution is 2.34. The van der Waals surface area contributed by atoms with Crippen molar-refractivity contribution in [1.82, 2.24) is 19.4 Å². The molecule has 210 valence electrons. The molecule has 0 saturated carbocycles. The Morgan fingerprint density at radius 1 is 1.10 bits per heavy atom. The van der Waals surface area contributed by atoms with Crippen molar-refractivity contribution in [3.8, 4) is 28.5 Å². The van der Waals surface area contributed by atoms with Crippen LogP contribution in [0.1, 0.15) is 39.7 Å². The van der Waals surface area contributed by atoms with Gasteiger partial charge in [-0.1, -0.05) is 36.4 Å². The third-order valence-electron chi connectivity index (χ3n) is 7.21. The first kappa shape index (κ1) is 27.8. The van der Waals surface area contributed by atoms with Crippen LogP contribution < -0.4 is 10.5 Å².